The number of aliphatic hydroxyl groups is 1. The van der Waals surface area contributed by atoms with Gasteiger partial charge >= 0.3 is 0 Å². The summed E-state index contributed by atoms with van der Waals surface area (Å²) in [4.78, 5) is 0. The molecule has 1 nitrogen and oxygen atoms in total. The monoisotopic (exact) mass is 280 g/mol. The second-order valence-corrected chi connectivity index (χ2v) is 7.82. The standard InChI is InChI=1S/C20H24O/c1-19(2)16-11-12-20(19,3)17(18(16)21)15-10-6-8-13-7-4-5-9-14(13)15/h4-10,16-18,21H,11-12H2,1-3H3/t16-,17-,18+,20+/m1/s1. The van der Waals surface area contributed by atoms with Gasteiger partial charge in [0, 0.05) is 5.92 Å². The van der Waals surface area contributed by atoms with Crippen molar-refractivity contribution < 1.29 is 5.11 Å². The van der Waals surface area contributed by atoms with Crippen LogP contribution in [0.25, 0.3) is 10.8 Å². The molecule has 2 aromatic rings. The van der Waals surface area contributed by atoms with Gasteiger partial charge in [0.15, 0.2) is 0 Å². The van der Waals surface area contributed by atoms with E-state index < -0.39 is 0 Å². The Labute approximate surface area is 127 Å². The number of fused-ring (bicyclic) bond motifs is 3. The van der Waals surface area contributed by atoms with Crippen molar-refractivity contribution in [3.05, 3.63) is 48.0 Å². The molecule has 2 aromatic carbocycles. The zero-order valence-corrected chi connectivity index (χ0v) is 13.1. The smallest absolute Gasteiger partial charge is 0.0647 e. The van der Waals surface area contributed by atoms with Gasteiger partial charge in [0.25, 0.3) is 0 Å². The highest BCUT2D eigenvalue weighted by molar-refractivity contribution is 5.86. The molecule has 2 bridgehead atoms. The van der Waals surface area contributed by atoms with E-state index in [1.165, 1.54) is 29.2 Å². The topological polar surface area (TPSA) is 20.2 Å². The van der Waals surface area contributed by atoms with E-state index >= 15 is 0 Å². The van der Waals surface area contributed by atoms with Gasteiger partial charge in [-0.25, -0.2) is 0 Å². The Bertz CT molecular complexity index is 697. The number of benzene rings is 2. The fourth-order valence-corrected chi connectivity index (χ4v) is 5.37. The number of rotatable bonds is 1. The highest BCUT2D eigenvalue weighted by Crippen LogP contribution is 2.71. The van der Waals surface area contributed by atoms with Crippen LogP contribution in [0.2, 0.25) is 0 Å². The van der Waals surface area contributed by atoms with Crippen molar-refractivity contribution in [2.45, 2.75) is 45.6 Å². The normalized spacial score (nSPS) is 37.2. The third-order valence-corrected chi connectivity index (χ3v) is 6.97. The summed E-state index contributed by atoms with van der Waals surface area (Å²) < 4.78 is 0. The average molecular weight is 280 g/mol. The first-order valence-electron chi connectivity index (χ1n) is 8.12. The molecule has 0 unspecified atom stereocenters. The maximum Gasteiger partial charge on any atom is 0.0647 e. The quantitative estimate of drug-likeness (QED) is 0.800. The first kappa shape index (κ1) is 13.3. The maximum absolute atomic E-state index is 11.0. The number of hydrogen-bond acceptors (Lipinski definition) is 1. The van der Waals surface area contributed by atoms with Crippen LogP contribution in [0.5, 0.6) is 0 Å². The van der Waals surface area contributed by atoms with Crippen LogP contribution in [0.15, 0.2) is 42.5 Å². The van der Waals surface area contributed by atoms with E-state index in [0.717, 1.165) is 0 Å². The van der Waals surface area contributed by atoms with Crippen molar-refractivity contribution in [1.82, 2.24) is 0 Å². The molecule has 2 aliphatic rings. The van der Waals surface area contributed by atoms with E-state index in [9.17, 15) is 5.11 Å². The van der Waals surface area contributed by atoms with Crippen LogP contribution in [-0.2, 0) is 0 Å². The van der Waals surface area contributed by atoms with Crippen molar-refractivity contribution >= 4 is 10.8 Å². The molecule has 2 saturated carbocycles. The SMILES string of the molecule is CC1(C)[C@@H]2CC[C@@]1(C)[C@H](c1cccc3ccccc13)[C@H]2O. The van der Waals surface area contributed by atoms with Crippen molar-refractivity contribution in [1.29, 1.82) is 0 Å². The molecule has 2 fully saturated rings. The van der Waals surface area contributed by atoms with Crippen LogP contribution < -0.4 is 0 Å². The summed E-state index contributed by atoms with van der Waals surface area (Å²) in [6.45, 7) is 7.12. The Morgan fingerprint density at radius 1 is 1.00 bits per heavy atom. The molecule has 0 radical (unpaired) electrons. The molecule has 0 aromatic heterocycles. The van der Waals surface area contributed by atoms with E-state index in [1.54, 1.807) is 0 Å². The van der Waals surface area contributed by atoms with E-state index in [-0.39, 0.29) is 22.9 Å². The highest BCUT2D eigenvalue weighted by Gasteiger charge is 2.66. The lowest BCUT2D eigenvalue weighted by atomic mass is 9.64. The summed E-state index contributed by atoms with van der Waals surface area (Å²) in [5, 5.41) is 13.6. The number of aliphatic hydroxyl groups excluding tert-OH is 1. The molecule has 0 aliphatic heterocycles. The predicted molar refractivity (Wildman–Crippen MR) is 87.3 cm³/mol. The second kappa shape index (κ2) is 4.10. The van der Waals surface area contributed by atoms with Gasteiger partial charge in [-0.3, -0.25) is 0 Å². The summed E-state index contributed by atoms with van der Waals surface area (Å²) in [7, 11) is 0. The molecule has 4 atom stereocenters. The maximum atomic E-state index is 11.0. The Hall–Kier alpha value is -1.34. The first-order valence-corrected chi connectivity index (χ1v) is 8.12. The fourth-order valence-electron chi connectivity index (χ4n) is 5.37. The lowest BCUT2D eigenvalue weighted by Crippen LogP contribution is -2.33. The number of hydrogen-bond donors (Lipinski definition) is 1. The Balaban J connectivity index is 1.94. The van der Waals surface area contributed by atoms with Crippen molar-refractivity contribution in [2.75, 3.05) is 0 Å². The van der Waals surface area contributed by atoms with Crippen LogP contribution >= 0.6 is 0 Å². The van der Waals surface area contributed by atoms with Crippen molar-refractivity contribution in [2.24, 2.45) is 16.7 Å². The van der Waals surface area contributed by atoms with Crippen LogP contribution in [-0.4, -0.2) is 11.2 Å². The Morgan fingerprint density at radius 3 is 2.43 bits per heavy atom. The van der Waals surface area contributed by atoms with E-state index in [2.05, 4.69) is 63.2 Å². The minimum Gasteiger partial charge on any atom is -0.392 e. The average Bonchev–Trinajstić information content (AvgIpc) is 2.77. The molecule has 110 valence electrons. The van der Waals surface area contributed by atoms with Gasteiger partial charge in [-0.2, -0.15) is 0 Å². The third kappa shape index (κ3) is 1.51. The molecular formula is C20H24O. The van der Waals surface area contributed by atoms with E-state index in [1.807, 2.05) is 0 Å². The summed E-state index contributed by atoms with van der Waals surface area (Å²) in [5.74, 6) is 0.698. The van der Waals surface area contributed by atoms with Gasteiger partial charge in [-0.1, -0.05) is 63.2 Å². The summed E-state index contributed by atoms with van der Waals surface area (Å²) in [6.07, 6.45) is 2.20. The van der Waals surface area contributed by atoms with E-state index in [0.29, 0.717) is 5.92 Å². The van der Waals surface area contributed by atoms with Gasteiger partial charge in [0.2, 0.25) is 0 Å². The zero-order chi connectivity index (χ0) is 14.8. The summed E-state index contributed by atoms with van der Waals surface area (Å²) in [5.41, 5.74) is 1.76. The van der Waals surface area contributed by atoms with Crippen LogP contribution in [0, 0.1) is 16.7 Å². The van der Waals surface area contributed by atoms with Gasteiger partial charge in [0.1, 0.15) is 0 Å². The molecule has 1 N–H and O–H groups in total. The van der Waals surface area contributed by atoms with Crippen LogP contribution in [0.3, 0.4) is 0 Å². The molecule has 0 spiro atoms. The molecule has 0 amide bonds. The van der Waals surface area contributed by atoms with E-state index in [4.69, 9.17) is 0 Å². The van der Waals surface area contributed by atoms with Crippen LogP contribution in [0.4, 0.5) is 0 Å². The second-order valence-electron chi connectivity index (χ2n) is 7.82. The predicted octanol–water partition coefficient (Wildman–Crippen LogP) is 4.74. The largest absolute Gasteiger partial charge is 0.392 e. The first-order chi connectivity index (χ1) is 9.97. The van der Waals surface area contributed by atoms with Crippen LogP contribution in [0.1, 0.15) is 45.1 Å². The highest BCUT2D eigenvalue weighted by atomic mass is 16.3. The molecule has 4 rings (SSSR count). The molecule has 1 heteroatoms. The Kier molecular flexibility index (Phi) is 2.60. The molecule has 0 heterocycles. The molecule has 2 aliphatic carbocycles. The van der Waals surface area contributed by atoms with Gasteiger partial charge in [0.05, 0.1) is 6.10 Å². The third-order valence-electron chi connectivity index (χ3n) is 6.97. The lowest BCUT2D eigenvalue weighted by molar-refractivity contribution is 0.0737. The minimum atomic E-state index is -0.204. The van der Waals surface area contributed by atoms with Gasteiger partial charge in [-0.05, 0) is 45.9 Å². The van der Waals surface area contributed by atoms with Crippen molar-refractivity contribution in [3.8, 4) is 0 Å². The Morgan fingerprint density at radius 2 is 1.71 bits per heavy atom. The molecule has 0 saturated heterocycles. The summed E-state index contributed by atoms with van der Waals surface area (Å²) in [6, 6.07) is 15.1. The zero-order valence-electron chi connectivity index (χ0n) is 13.1. The van der Waals surface area contributed by atoms with Crippen molar-refractivity contribution in [3.63, 3.8) is 0 Å². The summed E-state index contributed by atoms with van der Waals surface area (Å²) >= 11 is 0. The molecular weight excluding hydrogens is 256 g/mol. The van der Waals surface area contributed by atoms with Gasteiger partial charge in [-0.15, -0.1) is 0 Å². The van der Waals surface area contributed by atoms with Gasteiger partial charge < -0.3 is 5.11 Å². The minimum absolute atomic E-state index is 0.196. The molecule has 21 heavy (non-hydrogen) atoms. The lowest BCUT2D eigenvalue weighted by Gasteiger charge is -2.40. The fraction of sp³-hybridized carbons (Fsp3) is 0.500.